The molecule has 0 atom stereocenters. The van der Waals surface area contributed by atoms with Crippen LogP contribution in [0.3, 0.4) is 0 Å². The summed E-state index contributed by atoms with van der Waals surface area (Å²) in [4.78, 5) is 14.3. The van der Waals surface area contributed by atoms with E-state index in [4.69, 9.17) is 5.73 Å². The van der Waals surface area contributed by atoms with Gasteiger partial charge in [0.05, 0.1) is 12.0 Å². The van der Waals surface area contributed by atoms with E-state index in [-0.39, 0.29) is 18.3 Å². The monoisotopic (exact) mass is 284 g/mol. The van der Waals surface area contributed by atoms with Crippen molar-refractivity contribution in [1.82, 2.24) is 0 Å². The van der Waals surface area contributed by atoms with E-state index in [9.17, 15) is 9.18 Å². The number of para-hydroxylation sites is 1. The molecule has 1 amide bonds. The number of nitrogens with zero attached hydrogens (tertiary/aromatic N) is 1. The van der Waals surface area contributed by atoms with Gasteiger partial charge in [-0.05, 0) is 37.6 Å². The summed E-state index contributed by atoms with van der Waals surface area (Å²) in [5, 5.41) is 0. The molecule has 1 aliphatic rings. The van der Waals surface area contributed by atoms with Gasteiger partial charge in [0.2, 0.25) is 5.91 Å². The number of rotatable bonds is 2. The number of hydrogen-bond donors (Lipinski definition) is 1. The molecule has 0 saturated carbocycles. The zero-order chi connectivity index (χ0) is 15.2. The van der Waals surface area contributed by atoms with Crippen molar-refractivity contribution in [1.29, 1.82) is 0 Å². The average molecular weight is 284 g/mol. The Hall–Kier alpha value is -2.36. The molecule has 3 nitrogen and oxygen atoms in total. The van der Waals surface area contributed by atoms with E-state index in [2.05, 4.69) is 0 Å². The minimum Gasteiger partial charge on any atom is -0.399 e. The molecule has 21 heavy (non-hydrogen) atoms. The van der Waals surface area contributed by atoms with Crippen LogP contribution in [0.4, 0.5) is 15.8 Å². The van der Waals surface area contributed by atoms with Crippen molar-refractivity contribution in [3.63, 3.8) is 0 Å². The fraction of sp³-hybridized carbons (Fsp3) is 0.235. The van der Waals surface area contributed by atoms with Crippen LogP contribution in [0, 0.1) is 5.82 Å². The number of carbonyl (C=O) groups excluding carboxylic acids is 1. The number of carbonyl (C=O) groups is 1. The summed E-state index contributed by atoms with van der Waals surface area (Å²) in [5.74, 6) is -0.398. The topological polar surface area (TPSA) is 46.3 Å². The molecule has 0 spiro atoms. The Labute approximate surface area is 123 Å². The molecule has 0 saturated heterocycles. The fourth-order valence-corrected chi connectivity index (χ4v) is 2.82. The van der Waals surface area contributed by atoms with Crippen LogP contribution in [0.5, 0.6) is 0 Å². The molecular formula is C17H17FN2O. The summed E-state index contributed by atoms with van der Waals surface area (Å²) in [6, 6.07) is 12.2. The summed E-state index contributed by atoms with van der Waals surface area (Å²) in [6.07, 6.45) is 0. The number of hydrogen-bond acceptors (Lipinski definition) is 2. The van der Waals surface area contributed by atoms with Crippen LogP contribution in [0.2, 0.25) is 0 Å². The zero-order valence-electron chi connectivity index (χ0n) is 12.1. The van der Waals surface area contributed by atoms with Gasteiger partial charge in [-0.3, -0.25) is 4.79 Å². The first-order chi connectivity index (χ1) is 9.91. The third kappa shape index (κ3) is 2.07. The van der Waals surface area contributed by atoms with Crippen molar-refractivity contribution in [2.45, 2.75) is 25.8 Å². The maximum Gasteiger partial charge on any atom is 0.237 e. The number of nitrogen functional groups attached to an aromatic ring is 1. The quantitative estimate of drug-likeness (QED) is 0.861. The minimum atomic E-state index is -0.582. The molecule has 2 aromatic rings. The average Bonchev–Trinajstić information content (AvgIpc) is 2.63. The molecule has 3 rings (SSSR count). The van der Waals surface area contributed by atoms with E-state index in [0.717, 1.165) is 11.3 Å². The van der Waals surface area contributed by atoms with Gasteiger partial charge >= 0.3 is 0 Å². The number of amides is 1. The largest absolute Gasteiger partial charge is 0.399 e. The van der Waals surface area contributed by atoms with Crippen LogP contribution in [0.1, 0.15) is 25.0 Å². The number of benzene rings is 2. The summed E-state index contributed by atoms with van der Waals surface area (Å²) in [7, 11) is 0. The maximum absolute atomic E-state index is 14.0. The van der Waals surface area contributed by atoms with E-state index < -0.39 is 5.41 Å². The Bertz CT molecular complexity index is 724. The SMILES string of the molecule is CC1(C)C(=O)N(Cc2ccc(N)cc2F)c2ccccc21. The van der Waals surface area contributed by atoms with Gasteiger partial charge in [0.15, 0.2) is 0 Å². The lowest BCUT2D eigenvalue weighted by atomic mass is 9.86. The zero-order valence-corrected chi connectivity index (χ0v) is 12.1. The summed E-state index contributed by atoms with van der Waals surface area (Å²) >= 11 is 0. The van der Waals surface area contributed by atoms with E-state index >= 15 is 0 Å². The first-order valence-electron chi connectivity index (χ1n) is 6.86. The summed E-state index contributed by atoms with van der Waals surface area (Å²) in [6.45, 7) is 4.01. The van der Waals surface area contributed by atoms with Gasteiger partial charge in [-0.25, -0.2) is 4.39 Å². The molecule has 0 unspecified atom stereocenters. The van der Waals surface area contributed by atoms with Crippen molar-refractivity contribution < 1.29 is 9.18 Å². The fourth-order valence-electron chi connectivity index (χ4n) is 2.82. The molecule has 1 heterocycles. The smallest absolute Gasteiger partial charge is 0.237 e. The third-order valence-corrected chi connectivity index (χ3v) is 4.05. The molecule has 0 aromatic heterocycles. The molecule has 0 aliphatic carbocycles. The highest BCUT2D eigenvalue weighted by Crippen LogP contribution is 2.42. The summed E-state index contributed by atoms with van der Waals surface area (Å²) < 4.78 is 14.0. The second kappa shape index (κ2) is 4.58. The number of halogens is 1. The molecule has 2 N–H and O–H groups in total. The van der Waals surface area contributed by atoms with Crippen molar-refractivity contribution in [3.05, 3.63) is 59.4 Å². The predicted octanol–water partition coefficient (Wildman–Crippen LogP) is 3.23. The van der Waals surface area contributed by atoms with E-state index in [1.165, 1.54) is 6.07 Å². The number of nitrogens with two attached hydrogens (primary N) is 1. The van der Waals surface area contributed by atoms with Crippen LogP contribution in [0.15, 0.2) is 42.5 Å². The van der Waals surface area contributed by atoms with Gasteiger partial charge in [0.25, 0.3) is 0 Å². The first-order valence-corrected chi connectivity index (χ1v) is 6.86. The second-order valence-electron chi connectivity index (χ2n) is 5.88. The van der Waals surface area contributed by atoms with E-state index in [0.29, 0.717) is 11.3 Å². The minimum absolute atomic E-state index is 0.0140. The van der Waals surface area contributed by atoms with Gasteiger partial charge in [0, 0.05) is 16.9 Å². The molecule has 108 valence electrons. The lowest BCUT2D eigenvalue weighted by molar-refractivity contribution is -0.122. The Kier molecular flexibility index (Phi) is 2.97. The van der Waals surface area contributed by atoms with Crippen LogP contribution in [0.25, 0.3) is 0 Å². The maximum atomic E-state index is 14.0. The molecule has 0 radical (unpaired) electrons. The molecule has 0 fully saturated rings. The first kappa shape index (κ1) is 13.6. The number of anilines is 2. The van der Waals surface area contributed by atoms with Gasteiger partial charge < -0.3 is 10.6 Å². The molecule has 2 aromatic carbocycles. The van der Waals surface area contributed by atoms with Gasteiger partial charge in [0.1, 0.15) is 5.82 Å². The van der Waals surface area contributed by atoms with Crippen LogP contribution in [-0.4, -0.2) is 5.91 Å². The van der Waals surface area contributed by atoms with E-state index in [1.807, 2.05) is 38.1 Å². The third-order valence-electron chi connectivity index (χ3n) is 4.05. The Morgan fingerprint density at radius 1 is 1.19 bits per heavy atom. The Morgan fingerprint density at radius 2 is 1.90 bits per heavy atom. The lowest BCUT2D eigenvalue weighted by Crippen LogP contribution is -2.35. The number of fused-ring (bicyclic) bond motifs is 1. The van der Waals surface area contributed by atoms with Crippen molar-refractivity contribution >= 4 is 17.3 Å². The second-order valence-corrected chi connectivity index (χ2v) is 5.88. The standard InChI is InChI=1S/C17H17FN2O/c1-17(2)13-5-3-4-6-15(13)20(16(17)21)10-11-7-8-12(19)9-14(11)18/h3-9H,10,19H2,1-2H3. The Morgan fingerprint density at radius 3 is 2.62 bits per heavy atom. The predicted molar refractivity (Wildman–Crippen MR) is 81.5 cm³/mol. The highest BCUT2D eigenvalue weighted by molar-refractivity contribution is 6.07. The van der Waals surface area contributed by atoms with Gasteiger partial charge in [-0.15, -0.1) is 0 Å². The van der Waals surface area contributed by atoms with Crippen LogP contribution >= 0.6 is 0 Å². The van der Waals surface area contributed by atoms with Crippen LogP contribution < -0.4 is 10.6 Å². The van der Waals surface area contributed by atoms with Gasteiger partial charge in [-0.1, -0.05) is 24.3 Å². The normalized spacial score (nSPS) is 16.1. The molecule has 4 heteroatoms. The van der Waals surface area contributed by atoms with Crippen molar-refractivity contribution in [2.75, 3.05) is 10.6 Å². The highest BCUT2D eigenvalue weighted by atomic mass is 19.1. The highest BCUT2D eigenvalue weighted by Gasteiger charge is 2.43. The van der Waals surface area contributed by atoms with Crippen molar-refractivity contribution in [3.8, 4) is 0 Å². The van der Waals surface area contributed by atoms with Crippen molar-refractivity contribution in [2.24, 2.45) is 0 Å². The molecular weight excluding hydrogens is 267 g/mol. The summed E-state index contributed by atoms with van der Waals surface area (Å²) in [5.41, 5.74) is 7.65. The lowest BCUT2D eigenvalue weighted by Gasteiger charge is -2.21. The van der Waals surface area contributed by atoms with E-state index in [1.54, 1.807) is 17.0 Å². The molecule has 1 aliphatic heterocycles. The molecule has 0 bridgehead atoms. The van der Waals surface area contributed by atoms with Gasteiger partial charge in [-0.2, -0.15) is 0 Å². The Balaban J connectivity index is 2.02. The van der Waals surface area contributed by atoms with Crippen LogP contribution in [-0.2, 0) is 16.8 Å².